The van der Waals surface area contributed by atoms with E-state index in [4.69, 9.17) is 0 Å². The zero-order chi connectivity index (χ0) is 6.57. The normalized spacial score (nSPS) is 12.5. The molecule has 0 saturated heterocycles. The van der Waals surface area contributed by atoms with Crippen molar-refractivity contribution < 1.29 is 18.3 Å². The molecule has 0 N–H and O–H groups in total. The zero-order valence-corrected chi connectivity index (χ0v) is 4.57. The fourth-order valence-electron chi connectivity index (χ4n) is 0.160. The van der Waals surface area contributed by atoms with Gasteiger partial charge < -0.3 is 9.47 Å². The summed E-state index contributed by atoms with van der Waals surface area (Å²) in [5.41, 5.74) is 0. The van der Waals surface area contributed by atoms with Crippen LogP contribution in [0.15, 0.2) is 12.0 Å². The van der Waals surface area contributed by atoms with Crippen LogP contribution < -0.4 is 0 Å². The van der Waals surface area contributed by atoms with Crippen molar-refractivity contribution in [2.45, 2.75) is 0 Å². The van der Waals surface area contributed by atoms with Gasteiger partial charge in [0.1, 0.15) is 0 Å². The van der Waals surface area contributed by atoms with Crippen molar-refractivity contribution in [1.82, 2.24) is 0 Å². The first-order valence-electron chi connectivity index (χ1n) is 1.85. The van der Waals surface area contributed by atoms with Crippen LogP contribution in [0.1, 0.15) is 0 Å². The van der Waals surface area contributed by atoms with E-state index >= 15 is 0 Å². The third-order valence-electron chi connectivity index (χ3n) is 0.513. The molecule has 0 heterocycles. The first kappa shape index (κ1) is 7.20. The smallest absolute Gasteiger partial charge is 0.346 e. The first-order chi connectivity index (χ1) is 3.72. The summed E-state index contributed by atoms with van der Waals surface area (Å²) < 4.78 is 31.0. The molecule has 8 heavy (non-hydrogen) atoms. The van der Waals surface area contributed by atoms with E-state index < -0.39 is 12.0 Å². The second kappa shape index (κ2) is 3.23. The van der Waals surface area contributed by atoms with Crippen molar-refractivity contribution in [2.24, 2.45) is 0 Å². The Morgan fingerprint density at radius 2 is 1.25 bits per heavy atom. The van der Waals surface area contributed by atoms with Crippen LogP contribution in [0.2, 0.25) is 0 Å². The minimum absolute atomic E-state index is 1.01. The summed E-state index contributed by atoms with van der Waals surface area (Å²) in [7, 11) is 2.02. The SMILES string of the molecule is CO/C(F)=C(\F)OC. The summed E-state index contributed by atoms with van der Waals surface area (Å²) in [6.45, 7) is 0. The van der Waals surface area contributed by atoms with E-state index in [-0.39, 0.29) is 0 Å². The lowest BCUT2D eigenvalue weighted by Gasteiger charge is -1.94. The van der Waals surface area contributed by atoms with Gasteiger partial charge in [-0.2, -0.15) is 8.78 Å². The van der Waals surface area contributed by atoms with Gasteiger partial charge in [0.15, 0.2) is 0 Å². The number of hydrogen-bond acceptors (Lipinski definition) is 2. The van der Waals surface area contributed by atoms with E-state index in [0.717, 1.165) is 14.2 Å². The molecule has 0 aromatic heterocycles. The van der Waals surface area contributed by atoms with Gasteiger partial charge in [0.25, 0.3) is 0 Å². The van der Waals surface area contributed by atoms with E-state index in [1.165, 1.54) is 0 Å². The van der Waals surface area contributed by atoms with Gasteiger partial charge in [-0.3, -0.25) is 0 Å². The average Bonchev–Trinajstić information content (AvgIpc) is 1.84. The fourth-order valence-corrected chi connectivity index (χ4v) is 0.160. The summed E-state index contributed by atoms with van der Waals surface area (Å²) in [6, 6.07) is -2.68. The van der Waals surface area contributed by atoms with Gasteiger partial charge in [0, 0.05) is 0 Å². The largest absolute Gasteiger partial charge is 0.470 e. The summed E-state index contributed by atoms with van der Waals surface area (Å²) >= 11 is 0. The van der Waals surface area contributed by atoms with Gasteiger partial charge in [-0.25, -0.2) is 0 Å². The highest BCUT2D eigenvalue weighted by Crippen LogP contribution is 2.07. The molecule has 0 unspecified atom stereocenters. The lowest BCUT2D eigenvalue weighted by molar-refractivity contribution is 0.114. The molecule has 0 aliphatic heterocycles. The van der Waals surface area contributed by atoms with Crippen LogP contribution in [-0.2, 0) is 9.47 Å². The van der Waals surface area contributed by atoms with Crippen LogP contribution in [0.4, 0.5) is 8.78 Å². The van der Waals surface area contributed by atoms with Crippen LogP contribution in [0.25, 0.3) is 0 Å². The summed E-state index contributed by atoms with van der Waals surface area (Å²) in [5, 5.41) is 0. The molecule has 0 rings (SSSR count). The van der Waals surface area contributed by atoms with E-state index in [9.17, 15) is 8.78 Å². The zero-order valence-electron chi connectivity index (χ0n) is 4.57. The lowest BCUT2D eigenvalue weighted by atomic mass is 10.9. The summed E-state index contributed by atoms with van der Waals surface area (Å²) in [6.07, 6.45) is 0. The van der Waals surface area contributed by atoms with Crippen molar-refractivity contribution in [2.75, 3.05) is 14.2 Å². The molecule has 0 aliphatic rings. The second-order valence-corrected chi connectivity index (χ2v) is 0.956. The molecule has 0 radical (unpaired) electrons. The average molecular weight is 124 g/mol. The Labute approximate surface area is 45.7 Å². The van der Waals surface area contributed by atoms with E-state index in [2.05, 4.69) is 9.47 Å². The Kier molecular flexibility index (Phi) is 2.91. The Bertz CT molecular complexity index is 88.2. The number of rotatable bonds is 2. The fraction of sp³-hybridized carbons (Fsp3) is 0.500. The Morgan fingerprint density at radius 1 is 1.00 bits per heavy atom. The minimum Gasteiger partial charge on any atom is -0.470 e. The molecule has 0 amide bonds. The van der Waals surface area contributed by atoms with E-state index in [0.29, 0.717) is 0 Å². The van der Waals surface area contributed by atoms with Crippen molar-refractivity contribution in [3.05, 3.63) is 12.0 Å². The second-order valence-electron chi connectivity index (χ2n) is 0.956. The first-order valence-corrected chi connectivity index (χ1v) is 1.85. The molecule has 2 nitrogen and oxygen atoms in total. The number of ether oxygens (including phenoxy) is 2. The van der Waals surface area contributed by atoms with Gasteiger partial charge in [-0.15, -0.1) is 0 Å². The van der Waals surface area contributed by atoms with E-state index in [1.807, 2.05) is 0 Å². The van der Waals surface area contributed by atoms with Crippen molar-refractivity contribution in [1.29, 1.82) is 0 Å². The molecular weight excluding hydrogens is 118 g/mol. The van der Waals surface area contributed by atoms with Crippen LogP contribution in [0, 0.1) is 0 Å². The van der Waals surface area contributed by atoms with Crippen molar-refractivity contribution >= 4 is 0 Å². The number of methoxy groups -OCH3 is 2. The highest BCUT2D eigenvalue weighted by Gasteiger charge is 2.02. The van der Waals surface area contributed by atoms with Crippen molar-refractivity contribution in [3.63, 3.8) is 0 Å². The summed E-state index contributed by atoms with van der Waals surface area (Å²) in [4.78, 5) is 0. The maximum Gasteiger partial charge on any atom is 0.346 e. The number of hydrogen-bond donors (Lipinski definition) is 0. The number of halogens is 2. The van der Waals surface area contributed by atoms with Gasteiger partial charge in [-0.05, 0) is 0 Å². The molecule has 0 saturated carbocycles. The predicted molar refractivity (Wildman–Crippen MR) is 23.3 cm³/mol. The molecule has 0 spiro atoms. The molecule has 0 fully saturated rings. The van der Waals surface area contributed by atoms with Crippen molar-refractivity contribution in [3.8, 4) is 0 Å². The topological polar surface area (TPSA) is 18.5 Å². The standard InChI is InChI=1S/C4H6F2O2/c1-7-3(5)4(6)8-2/h1-2H3/b4-3+. The highest BCUT2D eigenvalue weighted by atomic mass is 19.2. The molecular formula is C4H6F2O2. The third kappa shape index (κ3) is 1.77. The Balaban J connectivity index is 3.83. The molecule has 0 atom stereocenters. The van der Waals surface area contributed by atoms with E-state index in [1.54, 1.807) is 0 Å². The molecule has 48 valence electrons. The highest BCUT2D eigenvalue weighted by molar-refractivity contribution is 4.80. The van der Waals surface area contributed by atoms with Crippen LogP contribution in [-0.4, -0.2) is 14.2 Å². The molecule has 0 aromatic rings. The van der Waals surface area contributed by atoms with Crippen LogP contribution in [0.5, 0.6) is 0 Å². The van der Waals surface area contributed by atoms with Gasteiger partial charge >= 0.3 is 12.0 Å². The molecule has 0 aliphatic carbocycles. The molecule has 4 heteroatoms. The maximum atomic E-state index is 11.7. The van der Waals surface area contributed by atoms with Gasteiger partial charge in [0.05, 0.1) is 14.2 Å². The quantitative estimate of drug-likeness (QED) is 0.517. The Hall–Kier alpha value is -0.800. The minimum atomic E-state index is -1.34. The van der Waals surface area contributed by atoms with Crippen LogP contribution >= 0.6 is 0 Å². The lowest BCUT2D eigenvalue weighted by Crippen LogP contribution is -1.85. The third-order valence-corrected chi connectivity index (χ3v) is 0.513. The summed E-state index contributed by atoms with van der Waals surface area (Å²) in [5.74, 6) is 0. The molecule has 0 aromatic carbocycles. The van der Waals surface area contributed by atoms with Gasteiger partial charge in [-0.1, -0.05) is 0 Å². The monoisotopic (exact) mass is 124 g/mol. The maximum absolute atomic E-state index is 11.7. The predicted octanol–water partition coefficient (Wildman–Crippen LogP) is 1.34. The molecule has 0 bridgehead atoms. The Morgan fingerprint density at radius 3 is 1.38 bits per heavy atom. The van der Waals surface area contributed by atoms with Gasteiger partial charge in [0.2, 0.25) is 0 Å². The van der Waals surface area contributed by atoms with Crippen LogP contribution in [0.3, 0.4) is 0 Å².